The highest BCUT2D eigenvalue weighted by molar-refractivity contribution is 5.91. The predicted molar refractivity (Wildman–Crippen MR) is 99.1 cm³/mol. The van der Waals surface area contributed by atoms with Crippen molar-refractivity contribution in [1.29, 1.82) is 0 Å². The maximum Gasteiger partial charge on any atom is 0.273 e. The molecule has 142 valence electrons. The third-order valence-electron chi connectivity index (χ3n) is 3.28. The van der Waals surface area contributed by atoms with E-state index in [-0.39, 0.29) is 36.5 Å². The average molecular weight is 373 g/mol. The second-order valence-electron chi connectivity index (χ2n) is 5.49. The number of non-ortho nitro benzene ring substituents is 1. The number of amides is 2. The number of nitrogens with one attached hydrogen (secondary N) is 2. The fourth-order valence-electron chi connectivity index (χ4n) is 2.23. The summed E-state index contributed by atoms with van der Waals surface area (Å²) in [6.45, 7) is 2.92. The highest BCUT2D eigenvalue weighted by Crippen LogP contribution is 2.29. The molecule has 2 aromatic rings. The van der Waals surface area contributed by atoms with Crippen molar-refractivity contribution in [2.24, 2.45) is 0 Å². The Kier molecular flexibility index (Phi) is 6.70. The molecule has 0 heterocycles. The lowest BCUT2D eigenvalue weighted by molar-refractivity contribution is -0.384. The highest BCUT2D eigenvalue weighted by atomic mass is 16.6. The maximum atomic E-state index is 11.3. The second-order valence-corrected chi connectivity index (χ2v) is 5.49. The molecule has 0 atom stereocenters. The van der Waals surface area contributed by atoms with Gasteiger partial charge in [0, 0.05) is 19.9 Å². The van der Waals surface area contributed by atoms with Crippen molar-refractivity contribution in [3.63, 3.8) is 0 Å². The van der Waals surface area contributed by atoms with Crippen LogP contribution in [0.15, 0.2) is 42.5 Å². The molecule has 9 heteroatoms. The van der Waals surface area contributed by atoms with Crippen LogP contribution in [0.4, 0.5) is 17.1 Å². The van der Waals surface area contributed by atoms with Crippen LogP contribution in [0, 0.1) is 10.1 Å². The average Bonchev–Trinajstić information content (AvgIpc) is 2.60. The third kappa shape index (κ3) is 5.99. The summed E-state index contributed by atoms with van der Waals surface area (Å²) in [4.78, 5) is 32.9. The molecule has 0 unspecified atom stereocenters. The van der Waals surface area contributed by atoms with E-state index in [1.807, 2.05) is 0 Å². The Morgan fingerprint density at radius 2 is 1.48 bits per heavy atom. The Morgan fingerprint density at radius 1 is 0.926 bits per heavy atom. The first kappa shape index (κ1) is 19.7. The molecule has 0 fully saturated rings. The van der Waals surface area contributed by atoms with Crippen LogP contribution < -0.4 is 20.1 Å². The van der Waals surface area contributed by atoms with Crippen LogP contribution in [-0.4, -0.2) is 30.0 Å². The molecule has 2 rings (SSSR count). The molecule has 2 amide bonds. The lowest BCUT2D eigenvalue weighted by Gasteiger charge is -2.14. The molecule has 0 aliphatic rings. The zero-order valence-electron chi connectivity index (χ0n) is 14.9. The molecule has 0 aliphatic carbocycles. The number of nitro benzene ring substituents is 1. The smallest absolute Gasteiger partial charge is 0.273 e. The summed E-state index contributed by atoms with van der Waals surface area (Å²) in [7, 11) is 0. The quantitative estimate of drug-likeness (QED) is 0.417. The zero-order chi connectivity index (χ0) is 19.8. The molecule has 2 aromatic carbocycles. The monoisotopic (exact) mass is 373 g/mol. The van der Waals surface area contributed by atoms with Crippen LogP contribution in [0.2, 0.25) is 0 Å². The molecule has 0 spiro atoms. The lowest BCUT2D eigenvalue weighted by Crippen LogP contribution is -2.13. The first-order valence-corrected chi connectivity index (χ1v) is 8.05. The molecule has 0 saturated carbocycles. The van der Waals surface area contributed by atoms with Crippen molar-refractivity contribution < 1.29 is 24.0 Å². The Bertz CT molecular complexity index is 853. The number of ether oxygens (including phenoxy) is 2. The van der Waals surface area contributed by atoms with E-state index in [1.165, 1.54) is 32.0 Å². The number of hydrogen-bond donors (Lipinski definition) is 2. The summed E-state index contributed by atoms with van der Waals surface area (Å²) in [6, 6.07) is 10.8. The molecule has 9 nitrogen and oxygen atoms in total. The van der Waals surface area contributed by atoms with Crippen LogP contribution in [0.5, 0.6) is 11.5 Å². The Balaban J connectivity index is 2.02. The van der Waals surface area contributed by atoms with E-state index in [0.717, 1.165) is 0 Å². The van der Waals surface area contributed by atoms with Crippen LogP contribution in [-0.2, 0) is 9.59 Å². The third-order valence-corrected chi connectivity index (χ3v) is 3.28. The van der Waals surface area contributed by atoms with Gasteiger partial charge in [-0.05, 0) is 18.2 Å². The van der Waals surface area contributed by atoms with Gasteiger partial charge in [0.25, 0.3) is 5.69 Å². The van der Waals surface area contributed by atoms with Gasteiger partial charge in [-0.3, -0.25) is 19.7 Å². The fraction of sp³-hybridized carbons (Fsp3) is 0.222. The van der Waals surface area contributed by atoms with E-state index in [2.05, 4.69) is 10.6 Å². The van der Waals surface area contributed by atoms with Crippen molar-refractivity contribution in [3.8, 4) is 11.5 Å². The number of para-hydroxylation sites is 2. The van der Waals surface area contributed by atoms with Crippen LogP contribution in [0.3, 0.4) is 0 Å². The molecule has 0 aromatic heterocycles. The molecule has 0 radical (unpaired) electrons. The number of anilines is 2. The Morgan fingerprint density at radius 3 is 2.07 bits per heavy atom. The number of carbonyl (C=O) groups excluding carboxylic acids is 2. The topological polar surface area (TPSA) is 120 Å². The predicted octanol–water partition coefficient (Wildman–Crippen LogP) is 2.97. The van der Waals surface area contributed by atoms with Gasteiger partial charge in [-0.1, -0.05) is 12.1 Å². The summed E-state index contributed by atoms with van der Waals surface area (Å²) >= 11 is 0. The van der Waals surface area contributed by atoms with Gasteiger partial charge in [0.05, 0.1) is 22.4 Å². The second kappa shape index (κ2) is 9.18. The van der Waals surface area contributed by atoms with E-state index < -0.39 is 4.92 Å². The van der Waals surface area contributed by atoms with Gasteiger partial charge in [-0.15, -0.1) is 0 Å². The molecule has 0 bridgehead atoms. The standard InChI is InChI=1S/C18H19N3O6/c1-12(22)19-15-5-3-4-6-17(15)26-9-10-27-18-11-14(21(24)25)7-8-16(18)20-13(2)23/h3-8,11H,9-10H2,1-2H3,(H,19,22)(H,20,23). The van der Waals surface area contributed by atoms with Crippen LogP contribution in [0.1, 0.15) is 13.8 Å². The van der Waals surface area contributed by atoms with Gasteiger partial charge >= 0.3 is 0 Å². The number of carbonyl (C=O) groups is 2. The van der Waals surface area contributed by atoms with Crippen molar-refractivity contribution in [1.82, 2.24) is 0 Å². The number of nitrogens with zero attached hydrogens (tertiary/aromatic N) is 1. The van der Waals surface area contributed by atoms with Gasteiger partial charge in [0.1, 0.15) is 24.7 Å². The summed E-state index contributed by atoms with van der Waals surface area (Å²) in [5.74, 6) is 0.0867. The van der Waals surface area contributed by atoms with E-state index >= 15 is 0 Å². The van der Waals surface area contributed by atoms with Gasteiger partial charge in [0.2, 0.25) is 11.8 Å². The molecule has 27 heavy (non-hydrogen) atoms. The molecule has 0 aliphatic heterocycles. The van der Waals surface area contributed by atoms with Crippen molar-refractivity contribution >= 4 is 28.9 Å². The summed E-state index contributed by atoms with van der Waals surface area (Å²) in [5, 5.41) is 16.1. The number of nitro groups is 1. The minimum absolute atomic E-state index is 0.0716. The minimum Gasteiger partial charge on any atom is -0.488 e. The van der Waals surface area contributed by atoms with Gasteiger partial charge in [-0.25, -0.2) is 0 Å². The fourth-order valence-corrected chi connectivity index (χ4v) is 2.23. The normalized spacial score (nSPS) is 10.0. The summed E-state index contributed by atoms with van der Waals surface area (Å²) in [6.07, 6.45) is 0. The number of benzene rings is 2. The number of rotatable bonds is 8. The Hall–Kier alpha value is -3.62. The van der Waals surface area contributed by atoms with E-state index in [1.54, 1.807) is 24.3 Å². The van der Waals surface area contributed by atoms with Crippen LogP contribution >= 0.6 is 0 Å². The summed E-state index contributed by atoms with van der Waals surface area (Å²) in [5.41, 5.74) is 0.696. The first-order valence-electron chi connectivity index (χ1n) is 8.05. The molecular formula is C18H19N3O6. The highest BCUT2D eigenvalue weighted by Gasteiger charge is 2.13. The van der Waals surface area contributed by atoms with E-state index in [0.29, 0.717) is 17.1 Å². The van der Waals surface area contributed by atoms with E-state index in [4.69, 9.17) is 9.47 Å². The molecular weight excluding hydrogens is 354 g/mol. The van der Waals surface area contributed by atoms with Crippen LogP contribution in [0.25, 0.3) is 0 Å². The maximum absolute atomic E-state index is 11.3. The minimum atomic E-state index is -0.551. The SMILES string of the molecule is CC(=O)Nc1ccccc1OCCOc1cc([N+](=O)[O-])ccc1NC(C)=O. The zero-order valence-corrected chi connectivity index (χ0v) is 14.9. The van der Waals surface area contributed by atoms with Gasteiger partial charge in [-0.2, -0.15) is 0 Å². The van der Waals surface area contributed by atoms with E-state index in [9.17, 15) is 19.7 Å². The van der Waals surface area contributed by atoms with Crippen molar-refractivity contribution in [2.75, 3.05) is 23.8 Å². The largest absolute Gasteiger partial charge is 0.488 e. The Labute approximate surface area is 155 Å². The van der Waals surface area contributed by atoms with Gasteiger partial charge in [0.15, 0.2) is 0 Å². The summed E-state index contributed by atoms with van der Waals surface area (Å²) < 4.78 is 11.1. The molecule has 0 saturated heterocycles. The number of hydrogen-bond acceptors (Lipinski definition) is 6. The lowest BCUT2D eigenvalue weighted by atomic mass is 10.2. The molecule has 2 N–H and O–H groups in total. The van der Waals surface area contributed by atoms with Gasteiger partial charge < -0.3 is 20.1 Å². The first-order chi connectivity index (χ1) is 12.9. The van der Waals surface area contributed by atoms with Crippen molar-refractivity contribution in [2.45, 2.75) is 13.8 Å². The van der Waals surface area contributed by atoms with Crippen molar-refractivity contribution in [3.05, 3.63) is 52.6 Å².